The van der Waals surface area contributed by atoms with Gasteiger partial charge in [0.25, 0.3) is 11.7 Å². The summed E-state index contributed by atoms with van der Waals surface area (Å²) in [6.45, 7) is 6.52. The Labute approximate surface area is 194 Å². The van der Waals surface area contributed by atoms with E-state index in [9.17, 15) is 14.7 Å². The maximum absolute atomic E-state index is 13.0. The van der Waals surface area contributed by atoms with Crippen molar-refractivity contribution >= 4 is 17.4 Å². The molecule has 2 aromatic carbocycles. The Morgan fingerprint density at radius 2 is 1.82 bits per heavy atom. The van der Waals surface area contributed by atoms with Crippen LogP contribution >= 0.6 is 0 Å². The molecule has 2 aromatic rings. The molecule has 0 spiro atoms. The van der Waals surface area contributed by atoms with Crippen molar-refractivity contribution in [3.8, 4) is 11.5 Å². The van der Waals surface area contributed by atoms with E-state index < -0.39 is 17.7 Å². The number of nitrogens with zero attached hydrogens (tertiary/aromatic N) is 1. The summed E-state index contributed by atoms with van der Waals surface area (Å²) >= 11 is 0. The van der Waals surface area contributed by atoms with Crippen molar-refractivity contribution in [3.63, 3.8) is 0 Å². The van der Waals surface area contributed by atoms with Crippen molar-refractivity contribution in [1.82, 2.24) is 4.90 Å². The van der Waals surface area contributed by atoms with Gasteiger partial charge in [-0.25, -0.2) is 0 Å². The summed E-state index contributed by atoms with van der Waals surface area (Å²) < 4.78 is 11.3. The molecular formula is C26H31NO6. The molecule has 1 aliphatic heterocycles. The van der Waals surface area contributed by atoms with Gasteiger partial charge in [-0.05, 0) is 62.2 Å². The first-order valence-electron chi connectivity index (χ1n) is 11.3. The SMILES string of the molecule is CCCN1C(=O)C(=O)/C(=C(\O)c2ccc(OC(C)C)cc2)C1c1cccc(OCCCO)c1. The average Bonchev–Trinajstić information content (AvgIpc) is 3.04. The summed E-state index contributed by atoms with van der Waals surface area (Å²) in [6, 6.07) is 13.2. The maximum atomic E-state index is 13.0. The molecule has 7 heteroatoms. The van der Waals surface area contributed by atoms with E-state index in [1.807, 2.05) is 26.8 Å². The number of rotatable bonds is 10. The quantitative estimate of drug-likeness (QED) is 0.244. The van der Waals surface area contributed by atoms with Crippen LogP contribution < -0.4 is 9.47 Å². The molecule has 0 aliphatic carbocycles. The molecule has 1 amide bonds. The van der Waals surface area contributed by atoms with E-state index in [1.54, 1.807) is 42.5 Å². The zero-order chi connectivity index (χ0) is 24.0. The Morgan fingerprint density at radius 3 is 2.45 bits per heavy atom. The van der Waals surface area contributed by atoms with Crippen molar-refractivity contribution in [2.24, 2.45) is 0 Å². The molecule has 7 nitrogen and oxygen atoms in total. The molecule has 1 unspecified atom stereocenters. The van der Waals surface area contributed by atoms with Crippen LogP contribution in [-0.4, -0.2) is 52.7 Å². The fourth-order valence-electron chi connectivity index (χ4n) is 3.85. The van der Waals surface area contributed by atoms with Crippen molar-refractivity contribution < 1.29 is 29.3 Å². The van der Waals surface area contributed by atoms with Crippen LogP contribution in [0.4, 0.5) is 0 Å². The second-order valence-corrected chi connectivity index (χ2v) is 8.18. The smallest absolute Gasteiger partial charge is 0.295 e. The molecule has 1 fully saturated rings. The molecule has 2 N–H and O–H groups in total. The van der Waals surface area contributed by atoms with Crippen LogP contribution in [0.1, 0.15) is 50.8 Å². The number of ether oxygens (including phenoxy) is 2. The van der Waals surface area contributed by atoms with Gasteiger partial charge in [0.15, 0.2) is 0 Å². The highest BCUT2D eigenvalue weighted by atomic mass is 16.5. The number of amides is 1. The number of carbonyl (C=O) groups is 2. The third-order valence-corrected chi connectivity index (χ3v) is 5.25. The lowest BCUT2D eigenvalue weighted by Crippen LogP contribution is -2.30. The van der Waals surface area contributed by atoms with Gasteiger partial charge in [-0.3, -0.25) is 9.59 Å². The molecule has 1 saturated heterocycles. The van der Waals surface area contributed by atoms with E-state index in [-0.39, 0.29) is 24.0 Å². The standard InChI is InChI=1S/C26H31NO6/c1-4-13-27-23(19-7-5-8-21(16-19)32-15-6-14-28)22(25(30)26(27)31)24(29)18-9-11-20(12-10-18)33-17(2)3/h5,7-12,16-17,23,28-29H,4,6,13-15H2,1-3H3/b24-22-. The van der Waals surface area contributed by atoms with E-state index in [2.05, 4.69) is 0 Å². The monoisotopic (exact) mass is 453 g/mol. The first-order chi connectivity index (χ1) is 15.9. The topological polar surface area (TPSA) is 96.3 Å². The molecular weight excluding hydrogens is 422 g/mol. The lowest BCUT2D eigenvalue weighted by atomic mass is 9.95. The van der Waals surface area contributed by atoms with Gasteiger partial charge < -0.3 is 24.6 Å². The fourth-order valence-corrected chi connectivity index (χ4v) is 3.85. The number of aliphatic hydroxyl groups excluding tert-OH is 2. The first-order valence-corrected chi connectivity index (χ1v) is 11.3. The molecule has 0 bridgehead atoms. The molecule has 0 saturated carbocycles. The Kier molecular flexibility index (Phi) is 8.11. The number of carbonyl (C=O) groups excluding carboxylic acids is 2. The number of Topliss-reactive ketones (excluding diaryl/α,β-unsaturated/α-hetero) is 1. The minimum Gasteiger partial charge on any atom is -0.507 e. The zero-order valence-corrected chi connectivity index (χ0v) is 19.3. The molecule has 176 valence electrons. The summed E-state index contributed by atoms with van der Waals surface area (Å²) in [5.74, 6) is -0.343. The normalized spacial score (nSPS) is 17.6. The van der Waals surface area contributed by atoms with Crippen LogP contribution in [0.15, 0.2) is 54.1 Å². The van der Waals surface area contributed by atoms with Gasteiger partial charge in [0.05, 0.1) is 24.3 Å². The summed E-state index contributed by atoms with van der Waals surface area (Å²) in [6.07, 6.45) is 1.17. The number of ketones is 1. The van der Waals surface area contributed by atoms with Crippen LogP contribution in [0.3, 0.4) is 0 Å². The number of likely N-dealkylation sites (tertiary alicyclic amines) is 1. The average molecular weight is 454 g/mol. The van der Waals surface area contributed by atoms with E-state index >= 15 is 0 Å². The molecule has 1 aliphatic rings. The first kappa shape index (κ1) is 24.3. The van der Waals surface area contributed by atoms with Gasteiger partial charge in [0.2, 0.25) is 0 Å². The molecule has 1 atom stereocenters. The second kappa shape index (κ2) is 11.0. The molecule has 0 aromatic heterocycles. The van der Waals surface area contributed by atoms with Crippen LogP contribution in [0.5, 0.6) is 11.5 Å². The van der Waals surface area contributed by atoms with Gasteiger partial charge in [-0.1, -0.05) is 19.1 Å². The summed E-state index contributed by atoms with van der Waals surface area (Å²) in [5.41, 5.74) is 1.16. The third kappa shape index (κ3) is 5.54. The predicted molar refractivity (Wildman–Crippen MR) is 125 cm³/mol. The highest BCUT2D eigenvalue weighted by Crippen LogP contribution is 2.40. The summed E-state index contributed by atoms with van der Waals surface area (Å²) in [7, 11) is 0. The van der Waals surface area contributed by atoms with E-state index in [0.29, 0.717) is 48.6 Å². The molecule has 3 rings (SSSR count). The highest BCUT2D eigenvalue weighted by Gasteiger charge is 2.45. The number of aliphatic hydroxyl groups is 2. The van der Waals surface area contributed by atoms with Crippen molar-refractivity contribution in [1.29, 1.82) is 0 Å². The number of hydrogen-bond donors (Lipinski definition) is 2. The van der Waals surface area contributed by atoms with Crippen LogP contribution in [0.2, 0.25) is 0 Å². The fraction of sp³-hybridized carbons (Fsp3) is 0.385. The lowest BCUT2D eigenvalue weighted by Gasteiger charge is -2.25. The molecule has 0 radical (unpaired) electrons. The summed E-state index contributed by atoms with van der Waals surface area (Å²) in [5, 5.41) is 20.1. The maximum Gasteiger partial charge on any atom is 0.295 e. The van der Waals surface area contributed by atoms with Crippen LogP contribution in [-0.2, 0) is 9.59 Å². The lowest BCUT2D eigenvalue weighted by molar-refractivity contribution is -0.139. The van der Waals surface area contributed by atoms with Gasteiger partial charge in [0, 0.05) is 25.1 Å². The van der Waals surface area contributed by atoms with E-state index in [0.717, 1.165) is 0 Å². The molecule has 1 heterocycles. The van der Waals surface area contributed by atoms with Crippen molar-refractivity contribution in [2.75, 3.05) is 19.8 Å². The van der Waals surface area contributed by atoms with E-state index in [1.165, 1.54) is 4.90 Å². The minimum absolute atomic E-state index is 0.00990. The van der Waals surface area contributed by atoms with Crippen LogP contribution in [0, 0.1) is 0 Å². The van der Waals surface area contributed by atoms with Crippen LogP contribution in [0.25, 0.3) is 5.76 Å². The Bertz CT molecular complexity index is 1010. The van der Waals surface area contributed by atoms with Crippen molar-refractivity contribution in [2.45, 2.75) is 45.8 Å². The van der Waals surface area contributed by atoms with Gasteiger partial charge >= 0.3 is 0 Å². The number of benzene rings is 2. The van der Waals surface area contributed by atoms with Gasteiger partial charge in [0.1, 0.15) is 17.3 Å². The predicted octanol–water partition coefficient (Wildman–Crippen LogP) is 4.07. The minimum atomic E-state index is -0.724. The van der Waals surface area contributed by atoms with E-state index in [4.69, 9.17) is 14.6 Å². The Balaban J connectivity index is 2.03. The zero-order valence-electron chi connectivity index (χ0n) is 19.3. The van der Waals surface area contributed by atoms with Crippen molar-refractivity contribution in [3.05, 3.63) is 65.2 Å². The highest BCUT2D eigenvalue weighted by molar-refractivity contribution is 6.46. The number of hydrogen-bond acceptors (Lipinski definition) is 6. The van der Waals surface area contributed by atoms with Gasteiger partial charge in [-0.15, -0.1) is 0 Å². The second-order valence-electron chi connectivity index (χ2n) is 8.18. The third-order valence-electron chi connectivity index (χ3n) is 5.25. The van der Waals surface area contributed by atoms with Gasteiger partial charge in [-0.2, -0.15) is 0 Å². The summed E-state index contributed by atoms with van der Waals surface area (Å²) in [4.78, 5) is 27.3. The Hall–Kier alpha value is -3.32. The Morgan fingerprint density at radius 1 is 1.09 bits per heavy atom. The molecule has 33 heavy (non-hydrogen) atoms. The largest absolute Gasteiger partial charge is 0.507 e.